The highest BCUT2D eigenvalue weighted by Gasteiger charge is 2.52. The van der Waals surface area contributed by atoms with Crippen LogP contribution in [-0.4, -0.2) is 24.6 Å². The normalized spacial score (nSPS) is 20.0. The zero-order valence-corrected chi connectivity index (χ0v) is 16.9. The maximum atomic E-state index is 12.8. The Morgan fingerprint density at radius 2 is 1.63 bits per heavy atom. The number of carbonyl (C=O) groups is 1. The first-order valence-electron chi connectivity index (χ1n) is 8.97. The van der Waals surface area contributed by atoms with E-state index in [0.717, 1.165) is 15.4 Å². The average molecular weight is 381 g/mol. The zero-order valence-electron chi connectivity index (χ0n) is 16.1. The molecule has 2 aromatic carbocycles. The number of methoxy groups -OCH3 is 1. The van der Waals surface area contributed by atoms with Crippen LogP contribution in [0.1, 0.15) is 26.3 Å². The number of thioether (sulfide) groups is 1. The van der Waals surface area contributed by atoms with E-state index in [2.05, 4.69) is 12.1 Å². The first-order valence-corrected chi connectivity index (χ1v) is 9.78. The monoisotopic (exact) mass is 380 g/mol. The summed E-state index contributed by atoms with van der Waals surface area (Å²) >= 11 is 1.63. The van der Waals surface area contributed by atoms with E-state index in [1.807, 2.05) is 68.5 Å². The Balaban J connectivity index is 2.06. The summed E-state index contributed by atoms with van der Waals surface area (Å²) in [5.74, 6) is 0.551. The fourth-order valence-electron chi connectivity index (χ4n) is 2.91. The van der Waals surface area contributed by atoms with Crippen LogP contribution in [0.5, 0.6) is 0 Å². The third-order valence-corrected chi connectivity index (χ3v) is 5.50. The minimum atomic E-state index is -1.00. The van der Waals surface area contributed by atoms with Crippen LogP contribution in [0, 0.1) is 0 Å². The Labute approximate surface area is 165 Å². The second kappa shape index (κ2) is 8.15. The minimum absolute atomic E-state index is 0.0343. The molecule has 2 aromatic rings. The molecule has 0 fully saturated rings. The van der Waals surface area contributed by atoms with Crippen molar-refractivity contribution in [2.75, 3.05) is 7.11 Å². The molecule has 0 radical (unpaired) electrons. The van der Waals surface area contributed by atoms with Gasteiger partial charge in [-0.25, -0.2) is 0 Å². The summed E-state index contributed by atoms with van der Waals surface area (Å²) in [5.41, 5.74) is 0.631. The first-order chi connectivity index (χ1) is 13.0. The molecule has 3 rings (SSSR count). The fraction of sp³-hybridized carbons (Fsp3) is 0.261. The molecule has 1 unspecified atom stereocenters. The minimum Gasteiger partial charge on any atom is -0.491 e. The van der Waals surface area contributed by atoms with Gasteiger partial charge in [0.05, 0.1) is 11.7 Å². The number of ether oxygens (including phenoxy) is 2. The van der Waals surface area contributed by atoms with Gasteiger partial charge in [-0.15, -0.1) is 0 Å². The Hall–Kier alpha value is -2.30. The van der Waals surface area contributed by atoms with Crippen molar-refractivity contribution in [3.63, 3.8) is 0 Å². The summed E-state index contributed by atoms with van der Waals surface area (Å²) in [6, 6.07) is 20.2. The van der Waals surface area contributed by atoms with Gasteiger partial charge in [0.25, 0.3) is 0 Å². The molecular weight excluding hydrogens is 356 g/mol. The second-order valence-electron chi connectivity index (χ2n) is 6.77. The van der Waals surface area contributed by atoms with Crippen molar-refractivity contribution in [3.8, 4) is 0 Å². The summed E-state index contributed by atoms with van der Waals surface area (Å²) in [7, 11) is 1.54. The molecule has 3 nitrogen and oxygen atoms in total. The Kier molecular flexibility index (Phi) is 5.88. The Morgan fingerprint density at radius 1 is 1.04 bits per heavy atom. The van der Waals surface area contributed by atoms with Crippen molar-refractivity contribution in [2.45, 2.75) is 37.4 Å². The molecule has 1 atom stereocenters. The van der Waals surface area contributed by atoms with Gasteiger partial charge in [0.1, 0.15) is 5.76 Å². The molecule has 0 N–H and O–H groups in total. The first kappa shape index (κ1) is 19.5. The van der Waals surface area contributed by atoms with Crippen LogP contribution in [0.25, 0.3) is 4.91 Å². The summed E-state index contributed by atoms with van der Waals surface area (Å²) in [5, 5.41) is 0. The van der Waals surface area contributed by atoms with Gasteiger partial charge >= 0.3 is 0 Å². The van der Waals surface area contributed by atoms with Crippen LogP contribution in [-0.2, 0) is 14.3 Å². The fourth-order valence-corrected chi connectivity index (χ4v) is 3.88. The van der Waals surface area contributed by atoms with Gasteiger partial charge in [0.15, 0.2) is 5.60 Å². The third kappa shape index (κ3) is 4.02. The van der Waals surface area contributed by atoms with Crippen molar-refractivity contribution < 1.29 is 14.3 Å². The van der Waals surface area contributed by atoms with Gasteiger partial charge in [-0.05, 0) is 44.5 Å². The molecule has 0 aromatic heterocycles. The van der Waals surface area contributed by atoms with Crippen molar-refractivity contribution >= 4 is 22.5 Å². The summed E-state index contributed by atoms with van der Waals surface area (Å²) < 4.78 is 11.4. The predicted molar refractivity (Wildman–Crippen MR) is 110 cm³/mol. The molecule has 0 amide bonds. The van der Waals surface area contributed by atoms with Crippen LogP contribution >= 0.6 is 11.8 Å². The number of carbonyl (C=O) groups excluding carboxylic acids is 1. The maximum Gasteiger partial charge on any atom is 0.205 e. The van der Waals surface area contributed by atoms with Gasteiger partial charge in [-0.3, -0.25) is 4.79 Å². The number of allylic oxidation sites excluding steroid dienone is 1. The molecule has 0 saturated carbocycles. The number of benzene rings is 2. The van der Waals surface area contributed by atoms with Crippen molar-refractivity contribution in [1.82, 2.24) is 0 Å². The number of hydrogen-bond donors (Lipinski definition) is 0. The summed E-state index contributed by atoms with van der Waals surface area (Å²) in [6.07, 6.45) is 1.89. The lowest BCUT2D eigenvalue weighted by Gasteiger charge is -2.39. The van der Waals surface area contributed by atoms with E-state index in [0.29, 0.717) is 11.3 Å². The average Bonchev–Trinajstić information content (AvgIpc) is 2.70. The SMILES string of the molecule is COC1(C)C(=O)C(/C=C(/Sc2ccccc2)c2ccccc2)=C1OC(C)C. The smallest absolute Gasteiger partial charge is 0.205 e. The zero-order chi connectivity index (χ0) is 19.4. The van der Waals surface area contributed by atoms with Gasteiger partial charge in [-0.2, -0.15) is 0 Å². The van der Waals surface area contributed by atoms with E-state index >= 15 is 0 Å². The van der Waals surface area contributed by atoms with Crippen molar-refractivity contribution in [3.05, 3.63) is 83.6 Å². The Bertz CT molecular complexity index is 869. The van der Waals surface area contributed by atoms with E-state index < -0.39 is 5.60 Å². The molecule has 0 spiro atoms. The van der Waals surface area contributed by atoms with Gasteiger partial charge in [-0.1, -0.05) is 60.3 Å². The summed E-state index contributed by atoms with van der Waals surface area (Å²) in [6.45, 7) is 5.66. The summed E-state index contributed by atoms with van der Waals surface area (Å²) in [4.78, 5) is 14.9. The lowest BCUT2D eigenvalue weighted by molar-refractivity contribution is -0.142. The molecule has 0 aliphatic heterocycles. The van der Waals surface area contributed by atoms with Crippen molar-refractivity contribution in [1.29, 1.82) is 0 Å². The molecule has 0 heterocycles. The van der Waals surface area contributed by atoms with Gasteiger partial charge < -0.3 is 9.47 Å². The highest BCUT2D eigenvalue weighted by molar-refractivity contribution is 8.08. The molecule has 1 aliphatic rings. The standard InChI is InChI=1S/C23H24O3S/c1-16(2)26-22-19(21(24)23(22,3)25-4)15-20(17-11-7-5-8-12-17)27-18-13-9-6-10-14-18/h5-16H,1-4H3/b20-15+. The van der Waals surface area contributed by atoms with Crippen LogP contribution in [0.4, 0.5) is 0 Å². The lowest BCUT2D eigenvalue weighted by Crippen LogP contribution is -2.51. The van der Waals surface area contributed by atoms with E-state index in [1.54, 1.807) is 25.8 Å². The largest absolute Gasteiger partial charge is 0.491 e. The molecule has 0 saturated heterocycles. The highest BCUT2D eigenvalue weighted by Crippen LogP contribution is 2.43. The topological polar surface area (TPSA) is 35.5 Å². The molecule has 4 heteroatoms. The van der Waals surface area contributed by atoms with Crippen LogP contribution < -0.4 is 0 Å². The van der Waals surface area contributed by atoms with E-state index in [4.69, 9.17) is 9.47 Å². The molecule has 140 valence electrons. The number of hydrogen-bond acceptors (Lipinski definition) is 4. The van der Waals surface area contributed by atoms with E-state index in [-0.39, 0.29) is 11.9 Å². The number of ketones is 1. The molecular formula is C23H24O3S. The number of Topliss-reactive ketones (excluding diaryl/α,β-unsaturated/α-hetero) is 1. The molecule has 0 bridgehead atoms. The van der Waals surface area contributed by atoms with E-state index in [9.17, 15) is 4.79 Å². The number of rotatable bonds is 7. The second-order valence-corrected chi connectivity index (χ2v) is 7.88. The molecule has 27 heavy (non-hydrogen) atoms. The van der Waals surface area contributed by atoms with Gasteiger partial charge in [0, 0.05) is 16.9 Å². The highest BCUT2D eigenvalue weighted by atomic mass is 32.2. The quantitative estimate of drug-likeness (QED) is 0.595. The van der Waals surface area contributed by atoms with Crippen LogP contribution in [0.3, 0.4) is 0 Å². The van der Waals surface area contributed by atoms with Crippen LogP contribution in [0.2, 0.25) is 0 Å². The van der Waals surface area contributed by atoms with Crippen LogP contribution in [0.15, 0.2) is 83.0 Å². The van der Waals surface area contributed by atoms with Gasteiger partial charge in [0.2, 0.25) is 5.78 Å². The lowest BCUT2D eigenvalue weighted by atomic mass is 9.78. The maximum absolute atomic E-state index is 12.8. The van der Waals surface area contributed by atoms with E-state index in [1.165, 1.54) is 0 Å². The third-order valence-electron chi connectivity index (χ3n) is 4.42. The molecule has 1 aliphatic carbocycles. The Morgan fingerprint density at radius 3 is 2.19 bits per heavy atom. The predicted octanol–water partition coefficient (Wildman–Crippen LogP) is 5.49. The van der Waals surface area contributed by atoms with Crippen molar-refractivity contribution in [2.24, 2.45) is 0 Å².